The molecule has 6 heteroatoms. The average Bonchev–Trinajstić information content (AvgIpc) is 3.02. The Morgan fingerprint density at radius 3 is 2.86 bits per heavy atom. The number of nitrogens with one attached hydrogen (secondary N) is 1. The van der Waals surface area contributed by atoms with Gasteiger partial charge in [-0.1, -0.05) is 12.1 Å². The van der Waals surface area contributed by atoms with Gasteiger partial charge in [-0.05, 0) is 43.2 Å². The summed E-state index contributed by atoms with van der Waals surface area (Å²) in [5.74, 6) is 0. The number of aryl methyl sites for hydroxylation is 3. The SMILES string of the molecule is Cc1ccc(C)c(S(=O)(=O)NN=C2CCn3cccc32)c1. The van der Waals surface area contributed by atoms with Crippen molar-refractivity contribution in [2.75, 3.05) is 0 Å². The molecule has 0 saturated heterocycles. The highest BCUT2D eigenvalue weighted by Gasteiger charge is 2.20. The number of sulfonamides is 1. The van der Waals surface area contributed by atoms with Gasteiger partial charge in [0.05, 0.1) is 16.3 Å². The molecular formula is C15H17N3O2S. The van der Waals surface area contributed by atoms with Crippen molar-refractivity contribution in [1.29, 1.82) is 0 Å². The summed E-state index contributed by atoms with van der Waals surface area (Å²) in [6.07, 6.45) is 2.71. The van der Waals surface area contributed by atoms with Crippen molar-refractivity contribution in [2.24, 2.45) is 5.10 Å². The largest absolute Gasteiger partial charge is 0.346 e. The zero-order chi connectivity index (χ0) is 15.0. The Morgan fingerprint density at radius 2 is 2.05 bits per heavy atom. The fraction of sp³-hybridized carbons (Fsp3) is 0.267. The lowest BCUT2D eigenvalue weighted by Crippen LogP contribution is -2.21. The molecule has 0 saturated carbocycles. The first-order valence-electron chi connectivity index (χ1n) is 6.78. The fourth-order valence-electron chi connectivity index (χ4n) is 2.50. The van der Waals surface area contributed by atoms with Gasteiger partial charge < -0.3 is 4.57 Å². The summed E-state index contributed by atoms with van der Waals surface area (Å²) in [5, 5.41) is 4.11. The van der Waals surface area contributed by atoms with Crippen LogP contribution in [0.1, 0.15) is 23.2 Å². The Bertz CT molecular complexity index is 819. The third-order valence-electron chi connectivity index (χ3n) is 3.65. The van der Waals surface area contributed by atoms with E-state index < -0.39 is 10.0 Å². The predicted molar refractivity (Wildman–Crippen MR) is 81.8 cm³/mol. The number of benzene rings is 1. The van der Waals surface area contributed by atoms with E-state index in [4.69, 9.17) is 0 Å². The Kier molecular flexibility index (Phi) is 3.33. The summed E-state index contributed by atoms with van der Waals surface area (Å²) >= 11 is 0. The molecule has 1 aliphatic rings. The van der Waals surface area contributed by atoms with Crippen LogP contribution in [0.15, 0.2) is 46.5 Å². The molecule has 0 aliphatic carbocycles. The Labute approximate surface area is 124 Å². The van der Waals surface area contributed by atoms with E-state index in [1.54, 1.807) is 19.1 Å². The van der Waals surface area contributed by atoms with Crippen LogP contribution in [0.2, 0.25) is 0 Å². The van der Waals surface area contributed by atoms with Gasteiger partial charge in [0.2, 0.25) is 0 Å². The van der Waals surface area contributed by atoms with Crippen molar-refractivity contribution < 1.29 is 8.42 Å². The van der Waals surface area contributed by atoms with Crippen LogP contribution in [0.4, 0.5) is 0 Å². The molecule has 0 spiro atoms. The van der Waals surface area contributed by atoms with Crippen LogP contribution in [0.25, 0.3) is 0 Å². The molecule has 1 aromatic carbocycles. The summed E-state index contributed by atoms with van der Waals surface area (Å²) in [6, 6.07) is 9.23. The second-order valence-corrected chi connectivity index (χ2v) is 6.89. The number of rotatable bonds is 3. The van der Waals surface area contributed by atoms with Crippen LogP contribution in [-0.4, -0.2) is 18.7 Å². The summed E-state index contributed by atoms with van der Waals surface area (Å²) < 4.78 is 26.8. The molecule has 0 unspecified atom stereocenters. The van der Waals surface area contributed by atoms with E-state index in [1.807, 2.05) is 31.3 Å². The second kappa shape index (κ2) is 5.04. The van der Waals surface area contributed by atoms with Gasteiger partial charge in [0.25, 0.3) is 10.0 Å². The van der Waals surface area contributed by atoms with Crippen molar-refractivity contribution in [3.63, 3.8) is 0 Å². The van der Waals surface area contributed by atoms with Crippen molar-refractivity contribution in [3.8, 4) is 0 Å². The highest BCUT2D eigenvalue weighted by Crippen LogP contribution is 2.18. The first-order valence-corrected chi connectivity index (χ1v) is 8.27. The Balaban J connectivity index is 1.90. The standard InChI is InChI=1S/C15H17N3O2S/c1-11-5-6-12(2)15(10-11)21(19,20)17-16-13-7-9-18-8-3-4-14(13)18/h3-6,8,10,17H,7,9H2,1-2H3. The highest BCUT2D eigenvalue weighted by molar-refractivity contribution is 7.89. The summed E-state index contributed by atoms with van der Waals surface area (Å²) in [5.41, 5.74) is 3.36. The van der Waals surface area contributed by atoms with Crippen LogP contribution in [0, 0.1) is 13.8 Å². The van der Waals surface area contributed by atoms with Gasteiger partial charge in [0.1, 0.15) is 0 Å². The molecule has 3 rings (SSSR count). The summed E-state index contributed by atoms with van der Waals surface area (Å²) in [7, 11) is -3.63. The number of hydrazone groups is 1. The molecular weight excluding hydrogens is 286 g/mol. The van der Waals surface area contributed by atoms with Gasteiger partial charge in [0, 0.05) is 19.2 Å². The van der Waals surface area contributed by atoms with E-state index in [-0.39, 0.29) is 4.90 Å². The first-order chi connectivity index (χ1) is 9.97. The zero-order valence-corrected chi connectivity index (χ0v) is 12.8. The van der Waals surface area contributed by atoms with E-state index in [1.165, 1.54) is 0 Å². The Morgan fingerprint density at radius 1 is 1.24 bits per heavy atom. The molecule has 1 aliphatic heterocycles. The molecule has 0 fully saturated rings. The summed E-state index contributed by atoms with van der Waals surface area (Å²) in [4.78, 5) is 2.64. The molecule has 0 amide bonds. The maximum atomic E-state index is 12.4. The number of hydrogen-bond donors (Lipinski definition) is 1. The molecule has 110 valence electrons. The molecule has 0 bridgehead atoms. The minimum Gasteiger partial charge on any atom is -0.346 e. The van der Waals surface area contributed by atoms with Crippen LogP contribution in [-0.2, 0) is 16.6 Å². The number of fused-ring (bicyclic) bond motifs is 1. The van der Waals surface area contributed by atoms with Crippen molar-refractivity contribution in [2.45, 2.75) is 31.7 Å². The van der Waals surface area contributed by atoms with Crippen molar-refractivity contribution in [3.05, 3.63) is 53.3 Å². The lowest BCUT2D eigenvalue weighted by molar-refractivity contribution is 0.583. The number of aromatic nitrogens is 1. The van der Waals surface area contributed by atoms with Crippen LogP contribution in [0.3, 0.4) is 0 Å². The minimum atomic E-state index is -3.63. The van der Waals surface area contributed by atoms with Crippen molar-refractivity contribution >= 4 is 15.7 Å². The van der Waals surface area contributed by atoms with Gasteiger partial charge in [-0.2, -0.15) is 18.4 Å². The quantitative estimate of drug-likeness (QED) is 0.883. The van der Waals surface area contributed by atoms with Crippen molar-refractivity contribution in [1.82, 2.24) is 9.40 Å². The number of hydrogen-bond acceptors (Lipinski definition) is 3. The normalized spacial score (nSPS) is 16.2. The molecule has 2 heterocycles. The first kappa shape index (κ1) is 13.9. The predicted octanol–water partition coefficient (Wildman–Crippen LogP) is 2.19. The van der Waals surface area contributed by atoms with E-state index in [9.17, 15) is 8.42 Å². The molecule has 1 aromatic heterocycles. The van der Waals surface area contributed by atoms with Gasteiger partial charge in [-0.25, -0.2) is 0 Å². The zero-order valence-electron chi connectivity index (χ0n) is 12.0. The third-order valence-corrected chi connectivity index (χ3v) is 5.00. The fourth-order valence-corrected chi connectivity index (χ4v) is 3.66. The molecule has 2 aromatic rings. The van der Waals surface area contributed by atoms with Gasteiger partial charge in [0.15, 0.2) is 0 Å². The molecule has 5 nitrogen and oxygen atoms in total. The second-order valence-electron chi connectivity index (χ2n) is 5.26. The maximum absolute atomic E-state index is 12.4. The smallest absolute Gasteiger partial charge is 0.276 e. The lowest BCUT2D eigenvalue weighted by atomic mass is 10.2. The van der Waals surface area contributed by atoms with E-state index in [0.29, 0.717) is 5.56 Å². The highest BCUT2D eigenvalue weighted by atomic mass is 32.2. The van der Waals surface area contributed by atoms with Gasteiger partial charge in [-0.15, -0.1) is 0 Å². The van der Waals surface area contributed by atoms with E-state index in [2.05, 4.69) is 14.5 Å². The third kappa shape index (κ3) is 2.58. The minimum absolute atomic E-state index is 0.278. The molecule has 0 radical (unpaired) electrons. The maximum Gasteiger partial charge on any atom is 0.276 e. The van der Waals surface area contributed by atoms with Crippen LogP contribution < -0.4 is 4.83 Å². The number of nitrogens with zero attached hydrogens (tertiary/aromatic N) is 2. The van der Waals surface area contributed by atoms with E-state index >= 15 is 0 Å². The van der Waals surface area contributed by atoms with Crippen LogP contribution in [0.5, 0.6) is 0 Å². The monoisotopic (exact) mass is 303 g/mol. The molecule has 1 N–H and O–H groups in total. The van der Waals surface area contributed by atoms with Gasteiger partial charge in [-0.3, -0.25) is 0 Å². The summed E-state index contributed by atoms with van der Waals surface area (Å²) in [6.45, 7) is 4.49. The lowest BCUT2D eigenvalue weighted by Gasteiger charge is -2.08. The average molecular weight is 303 g/mol. The molecule has 0 atom stereocenters. The van der Waals surface area contributed by atoms with Crippen LogP contribution >= 0.6 is 0 Å². The Hall–Kier alpha value is -2.08. The van der Waals surface area contributed by atoms with E-state index in [0.717, 1.165) is 29.9 Å². The van der Waals surface area contributed by atoms with Gasteiger partial charge >= 0.3 is 0 Å². The topological polar surface area (TPSA) is 63.5 Å². The molecule has 21 heavy (non-hydrogen) atoms.